The molecule has 3 saturated heterocycles. The number of amides is 1. The van der Waals surface area contributed by atoms with Gasteiger partial charge in [-0.1, -0.05) is 29.8 Å². The van der Waals surface area contributed by atoms with Gasteiger partial charge in [-0.2, -0.15) is 4.31 Å². The second kappa shape index (κ2) is 8.98. The van der Waals surface area contributed by atoms with Crippen LogP contribution in [0.4, 0.5) is 0 Å². The van der Waals surface area contributed by atoms with Crippen LogP contribution in [0.1, 0.15) is 39.9 Å². The summed E-state index contributed by atoms with van der Waals surface area (Å²) >= 11 is 0. The van der Waals surface area contributed by atoms with Crippen molar-refractivity contribution in [2.45, 2.75) is 50.7 Å². The number of fused-ring (bicyclic) bond motifs is 1. The number of hydrogen-bond donors (Lipinski definition) is 0. The molecule has 1 aliphatic carbocycles. The Balaban J connectivity index is 1.27. The first-order valence-electron chi connectivity index (χ1n) is 11.9. The van der Waals surface area contributed by atoms with Crippen molar-refractivity contribution in [2.75, 3.05) is 26.7 Å². The maximum Gasteiger partial charge on any atom is 0.254 e. The van der Waals surface area contributed by atoms with Gasteiger partial charge in [0.25, 0.3) is 5.91 Å². The Hall–Kier alpha value is -2.42. The largest absolute Gasteiger partial charge is 0.486 e. The highest BCUT2D eigenvalue weighted by atomic mass is 32.2. The fraction of sp³-hybridized carbons (Fsp3) is 0.500. The highest BCUT2D eigenvalue weighted by molar-refractivity contribution is 7.88. The normalized spacial score (nSPS) is 26.5. The maximum absolute atomic E-state index is 13.2. The molecule has 2 aromatic carbocycles. The topological polar surface area (TPSA) is 76.1 Å². The minimum absolute atomic E-state index is 0.0248. The summed E-state index contributed by atoms with van der Waals surface area (Å²) in [5.74, 6) is 1.07. The lowest BCUT2D eigenvalue weighted by molar-refractivity contribution is 0.0339. The quantitative estimate of drug-likeness (QED) is 0.604. The summed E-state index contributed by atoms with van der Waals surface area (Å²) < 4.78 is 39.4. The predicted molar refractivity (Wildman–Crippen MR) is 129 cm³/mol. The van der Waals surface area contributed by atoms with Crippen LogP contribution in [0.25, 0.3) is 0 Å². The summed E-state index contributed by atoms with van der Waals surface area (Å²) in [6.45, 7) is 5.42. The number of carbonyl (C=O) groups is 1. The summed E-state index contributed by atoms with van der Waals surface area (Å²) in [4.78, 5) is 15.0. The Morgan fingerprint density at radius 2 is 1.79 bits per heavy atom. The van der Waals surface area contributed by atoms with E-state index in [1.54, 1.807) is 22.4 Å². The van der Waals surface area contributed by atoms with Crippen molar-refractivity contribution >= 4 is 15.9 Å². The van der Waals surface area contributed by atoms with Crippen LogP contribution < -0.4 is 4.74 Å². The monoisotopic (exact) mass is 484 g/mol. The molecular formula is C26H32N2O5S. The van der Waals surface area contributed by atoms with Gasteiger partial charge in [-0.25, -0.2) is 8.42 Å². The molecule has 1 saturated carbocycles. The van der Waals surface area contributed by atoms with Crippen LogP contribution >= 0.6 is 0 Å². The Labute approximate surface area is 201 Å². The van der Waals surface area contributed by atoms with E-state index in [1.165, 1.54) is 0 Å². The molecule has 3 aliphatic heterocycles. The number of ether oxygens (including phenoxy) is 2. The van der Waals surface area contributed by atoms with Crippen LogP contribution in [0.5, 0.6) is 5.75 Å². The van der Waals surface area contributed by atoms with Crippen molar-refractivity contribution in [3.8, 4) is 5.75 Å². The number of hydrogen-bond acceptors (Lipinski definition) is 5. The number of benzene rings is 2. The third kappa shape index (κ3) is 4.46. The zero-order chi connectivity index (χ0) is 24.0. The van der Waals surface area contributed by atoms with E-state index < -0.39 is 10.0 Å². The highest BCUT2D eigenvalue weighted by Gasteiger charge is 2.48. The molecule has 2 unspecified atom stereocenters. The molecule has 34 heavy (non-hydrogen) atoms. The number of sulfonamides is 1. The van der Waals surface area contributed by atoms with Gasteiger partial charge in [0.1, 0.15) is 18.0 Å². The first kappa shape index (κ1) is 23.3. The van der Waals surface area contributed by atoms with E-state index in [1.807, 2.05) is 50.2 Å². The molecule has 4 aliphatic rings. The third-order valence-corrected chi connectivity index (χ3v) is 9.24. The Bertz CT molecular complexity index is 1190. The molecule has 4 fully saturated rings. The minimum Gasteiger partial charge on any atom is -0.486 e. The van der Waals surface area contributed by atoms with Gasteiger partial charge < -0.3 is 14.4 Å². The standard InChI is InChI=1S/C26H32N2O5S/c1-17-7-8-18(2)23(9-17)26(29)27-14-24(32-3)25(15-27)33-22-6-4-5-19(12-22)16-34(30,31)28-13-20-10-21(28)11-20/h4-9,12,20-21,24-25H,10-11,13-16H2,1-3H3. The smallest absolute Gasteiger partial charge is 0.254 e. The molecular weight excluding hydrogens is 452 g/mol. The zero-order valence-electron chi connectivity index (χ0n) is 19.9. The van der Waals surface area contributed by atoms with Crippen molar-refractivity contribution in [2.24, 2.45) is 5.92 Å². The molecule has 0 N–H and O–H groups in total. The molecule has 7 nitrogen and oxygen atoms in total. The van der Waals surface area contributed by atoms with Gasteiger partial charge in [-0.3, -0.25) is 4.79 Å². The van der Waals surface area contributed by atoms with E-state index >= 15 is 0 Å². The lowest BCUT2D eigenvalue weighted by atomic mass is 9.87. The van der Waals surface area contributed by atoms with E-state index in [2.05, 4.69) is 0 Å². The number of nitrogens with zero attached hydrogens (tertiary/aromatic N) is 2. The van der Waals surface area contributed by atoms with Crippen LogP contribution in [0.3, 0.4) is 0 Å². The van der Waals surface area contributed by atoms with Crippen LogP contribution in [0.15, 0.2) is 42.5 Å². The van der Waals surface area contributed by atoms with Gasteiger partial charge in [0, 0.05) is 25.3 Å². The fourth-order valence-corrected chi connectivity index (χ4v) is 7.22. The number of aryl methyl sites for hydroxylation is 2. The molecule has 2 aromatic rings. The Kier molecular flexibility index (Phi) is 6.16. The molecule has 2 bridgehead atoms. The molecule has 8 heteroatoms. The van der Waals surface area contributed by atoms with E-state index in [4.69, 9.17) is 9.47 Å². The van der Waals surface area contributed by atoms with E-state index in [9.17, 15) is 13.2 Å². The van der Waals surface area contributed by atoms with Crippen molar-refractivity contribution in [1.82, 2.24) is 9.21 Å². The number of rotatable bonds is 7. The Morgan fingerprint density at radius 1 is 1.03 bits per heavy atom. The summed E-state index contributed by atoms with van der Waals surface area (Å²) in [6, 6.07) is 13.3. The van der Waals surface area contributed by atoms with Gasteiger partial charge in [-0.05, 0) is 61.9 Å². The highest BCUT2D eigenvalue weighted by Crippen LogP contribution is 2.42. The van der Waals surface area contributed by atoms with Crippen LogP contribution in [0.2, 0.25) is 0 Å². The van der Waals surface area contributed by atoms with Crippen molar-refractivity contribution in [1.29, 1.82) is 0 Å². The van der Waals surface area contributed by atoms with Gasteiger partial charge in [0.15, 0.2) is 0 Å². The summed E-state index contributed by atoms with van der Waals surface area (Å²) in [7, 11) is -1.72. The van der Waals surface area contributed by atoms with E-state index in [0.29, 0.717) is 42.4 Å². The van der Waals surface area contributed by atoms with Crippen molar-refractivity contribution in [3.05, 3.63) is 64.7 Å². The molecule has 0 aromatic heterocycles. The number of likely N-dealkylation sites (tertiary alicyclic amines) is 1. The first-order valence-corrected chi connectivity index (χ1v) is 13.5. The lowest BCUT2D eigenvalue weighted by Gasteiger charge is -2.25. The third-order valence-electron chi connectivity index (χ3n) is 7.38. The summed E-state index contributed by atoms with van der Waals surface area (Å²) in [5, 5.41) is 0. The molecule has 3 heterocycles. The Morgan fingerprint density at radius 3 is 2.50 bits per heavy atom. The molecule has 2 atom stereocenters. The van der Waals surface area contributed by atoms with Crippen molar-refractivity contribution in [3.63, 3.8) is 0 Å². The molecule has 182 valence electrons. The SMILES string of the molecule is COC1CN(C(=O)c2cc(C)ccc2C)CC1Oc1cccc(CS(=O)(=O)N2CC3CC2C3)c1. The van der Waals surface area contributed by atoms with Crippen molar-refractivity contribution < 1.29 is 22.7 Å². The van der Waals surface area contributed by atoms with Gasteiger partial charge in [0.05, 0.1) is 18.8 Å². The molecule has 0 radical (unpaired) electrons. The van der Waals surface area contributed by atoms with E-state index in [-0.39, 0.29) is 29.9 Å². The van der Waals surface area contributed by atoms with Gasteiger partial charge in [-0.15, -0.1) is 0 Å². The predicted octanol–water partition coefficient (Wildman–Crippen LogP) is 3.15. The second-order valence-electron chi connectivity index (χ2n) is 9.92. The molecule has 0 spiro atoms. The van der Waals surface area contributed by atoms with Crippen LogP contribution in [0, 0.1) is 19.8 Å². The second-order valence-corrected chi connectivity index (χ2v) is 11.8. The van der Waals surface area contributed by atoms with Crippen LogP contribution in [-0.2, 0) is 20.5 Å². The molecule has 6 rings (SSSR count). The van der Waals surface area contributed by atoms with Gasteiger partial charge in [0.2, 0.25) is 10.0 Å². The molecule has 1 amide bonds. The first-order chi connectivity index (χ1) is 16.2. The van der Waals surface area contributed by atoms with Crippen LogP contribution in [-0.4, -0.2) is 68.5 Å². The lowest BCUT2D eigenvalue weighted by Crippen LogP contribution is -2.35. The number of methoxy groups -OCH3 is 1. The fourth-order valence-electron chi connectivity index (χ4n) is 5.39. The zero-order valence-corrected chi connectivity index (χ0v) is 20.8. The summed E-state index contributed by atoms with van der Waals surface area (Å²) in [6.07, 6.45) is 1.40. The maximum atomic E-state index is 13.2. The minimum atomic E-state index is -3.34. The number of carbonyl (C=O) groups excluding carboxylic acids is 1. The average Bonchev–Trinajstić information content (AvgIpc) is 3.49. The average molecular weight is 485 g/mol. The van der Waals surface area contributed by atoms with E-state index in [0.717, 1.165) is 24.0 Å². The van der Waals surface area contributed by atoms with Gasteiger partial charge >= 0.3 is 0 Å². The summed E-state index contributed by atoms with van der Waals surface area (Å²) in [5.41, 5.74) is 3.39.